The summed E-state index contributed by atoms with van der Waals surface area (Å²) in [6, 6.07) is 8.56. The Labute approximate surface area is 135 Å². The molecule has 23 heavy (non-hydrogen) atoms. The Bertz CT molecular complexity index is 679. The van der Waals surface area contributed by atoms with Gasteiger partial charge in [0.1, 0.15) is 5.76 Å². The number of benzene rings is 1. The van der Waals surface area contributed by atoms with Crippen molar-refractivity contribution < 1.29 is 19.1 Å². The molecule has 0 saturated carbocycles. The van der Waals surface area contributed by atoms with E-state index in [9.17, 15) is 9.59 Å². The van der Waals surface area contributed by atoms with Crippen LogP contribution in [0.1, 0.15) is 54.1 Å². The Kier molecular flexibility index (Phi) is 5.21. The lowest BCUT2D eigenvalue weighted by Gasteiger charge is -2.08. The maximum absolute atomic E-state index is 12.2. The van der Waals surface area contributed by atoms with E-state index in [1.54, 1.807) is 37.3 Å². The summed E-state index contributed by atoms with van der Waals surface area (Å²) in [5.41, 5.74) is 2.34. The topological polar surface area (TPSA) is 79.5 Å². The van der Waals surface area contributed by atoms with Gasteiger partial charge in [0.05, 0.1) is 5.92 Å². The fourth-order valence-corrected chi connectivity index (χ4v) is 2.37. The summed E-state index contributed by atoms with van der Waals surface area (Å²) in [6.07, 6.45) is 1.57. The lowest BCUT2D eigenvalue weighted by Crippen LogP contribution is -2.11. The van der Waals surface area contributed by atoms with E-state index in [1.165, 1.54) is 0 Å². The Morgan fingerprint density at radius 2 is 1.83 bits per heavy atom. The summed E-state index contributed by atoms with van der Waals surface area (Å²) in [4.78, 5) is 23.2. The first-order valence-corrected chi connectivity index (χ1v) is 7.71. The van der Waals surface area contributed by atoms with Gasteiger partial charge in [-0.05, 0) is 42.7 Å². The van der Waals surface area contributed by atoms with Gasteiger partial charge in [0.25, 0.3) is 5.91 Å². The maximum atomic E-state index is 12.2. The van der Waals surface area contributed by atoms with Gasteiger partial charge < -0.3 is 14.8 Å². The lowest BCUT2D eigenvalue weighted by atomic mass is 10.0. The van der Waals surface area contributed by atoms with Crippen molar-refractivity contribution >= 4 is 17.6 Å². The van der Waals surface area contributed by atoms with E-state index in [0.717, 1.165) is 24.2 Å². The van der Waals surface area contributed by atoms with Crippen LogP contribution < -0.4 is 5.32 Å². The van der Waals surface area contributed by atoms with Crippen molar-refractivity contribution in [2.24, 2.45) is 0 Å². The third-order valence-corrected chi connectivity index (χ3v) is 3.86. The molecule has 5 heteroatoms. The van der Waals surface area contributed by atoms with Gasteiger partial charge in [-0.15, -0.1) is 0 Å². The highest BCUT2D eigenvalue weighted by Crippen LogP contribution is 2.21. The lowest BCUT2D eigenvalue weighted by molar-refractivity contribution is -0.138. The molecule has 0 aliphatic carbocycles. The number of nitrogens with one attached hydrogen (secondary N) is 1. The molecule has 0 aliphatic rings. The van der Waals surface area contributed by atoms with Gasteiger partial charge in [-0.1, -0.05) is 26.0 Å². The summed E-state index contributed by atoms with van der Waals surface area (Å²) in [6.45, 7) is 5.63. The molecule has 1 unspecified atom stereocenters. The molecule has 1 amide bonds. The third kappa shape index (κ3) is 3.80. The minimum absolute atomic E-state index is 0.293. The number of carboxylic acids is 1. The van der Waals surface area contributed by atoms with Gasteiger partial charge in [0.15, 0.2) is 5.76 Å². The zero-order valence-corrected chi connectivity index (χ0v) is 13.6. The van der Waals surface area contributed by atoms with Crippen molar-refractivity contribution in [3.05, 3.63) is 53.0 Å². The van der Waals surface area contributed by atoms with Crippen LogP contribution >= 0.6 is 0 Å². The third-order valence-electron chi connectivity index (χ3n) is 3.86. The van der Waals surface area contributed by atoms with Crippen LogP contribution in [-0.2, 0) is 17.6 Å². The Morgan fingerprint density at radius 1 is 1.17 bits per heavy atom. The standard InChI is InChI=1S/C18H21NO4/c1-4-12-10-16(23-15(12)5-2)17(20)19-14-8-6-13(7-9-14)11(3)18(21)22/h6-11H,4-5H2,1-3H3,(H,19,20)(H,21,22). The minimum atomic E-state index is -0.878. The number of aryl methyl sites for hydroxylation is 2. The van der Waals surface area contributed by atoms with Gasteiger partial charge in [0.2, 0.25) is 0 Å². The van der Waals surface area contributed by atoms with Crippen molar-refractivity contribution in [2.75, 3.05) is 5.32 Å². The SMILES string of the molecule is CCc1cc(C(=O)Nc2ccc(C(C)C(=O)O)cc2)oc1CC. The number of rotatable bonds is 6. The van der Waals surface area contributed by atoms with Crippen LogP contribution in [0.25, 0.3) is 0 Å². The molecule has 0 saturated heterocycles. The minimum Gasteiger partial charge on any atom is -0.481 e. The van der Waals surface area contributed by atoms with Gasteiger partial charge in [-0.3, -0.25) is 9.59 Å². The highest BCUT2D eigenvalue weighted by Gasteiger charge is 2.16. The molecule has 0 aliphatic heterocycles. The predicted molar refractivity (Wildman–Crippen MR) is 87.9 cm³/mol. The molecule has 0 bridgehead atoms. The number of amides is 1. The highest BCUT2D eigenvalue weighted by atomic mass is 16.4. The second-order valence-electron chi connectivity index (χ2n) is 5.40. The molecule has 0 fully saturated rings. The second kappa shape index (κ2) is 7.13. The van der Waals surface area contributed by atoms with E-state index in [1.807, 2.05) is 13.8 Å². The van der Waals surface area contributed by atoms with E-state index in [-0.39, 0.29) is 5.91 Å². The predicted octanol–water partition coefficient (Wildman–Crippen LogP) is 3.84. The number of carbonyl (C=O) groups excluding carboxylic acids is 1. The van der Waals surface area contributed by atoms with Crippen LogP contribution in [0.3, 0.4) is 0 Å². The molecule has 122 valence electrons. The first-order chi connectivity index (χ1) is 11.0. The van der Waals surface area contributed by atoms with Crippen LogP contribution in [0.5, 0.6) is 0 Å². The zero-order valence-electron chi connectivity index (χ0n) is 13.6. The van der Waals surface area contributed by atoms with Gasteiger partial charge in [-0.25, -0.2) is 0 Å². The smallest absolute Gasteiger partial charge is 0.310 e. The molecule has 1 aromatic heterocycles. The van der Waals surface area contributed by atoms with E-state index >= 15 is 0 Å². The van der Waals surface area contributed by atoms with Gasteiger partial charge in [0, 0.05) is 12.1 Å². The highest BCUT2D eigenvalue weighted by molar-refractivity contribution is 6.02. The second-order valence-corrected chi connectivity index (χ2v) is 5.40. The van der Waals surface area contributed by atoms with E-state index in [4.69, 9.17) is 9.52 Å². The fourth-order valence-electron chi connectivity index (χ4n) is 2.37. The molecule has 1 heterocycles. The number of furan rings is 1. The molecular formula is C18H21NO4. The average Bonchev–Trinajstić information content (AvgIpc) is 2.98. The van der Waals surface area contributed by atoms with Crippen molar-refractivity contribution in [1.82, 2.24) is 0 Å². The maximum Gasteiger partial charge on any atom is 0.310 e. The number of anilines is 1. The average molecular weight is 315 g/mol. The quantitative estimate of drug-likeness (QED) is 0.848. The van der Waals surface area contributed by atoms with Crippen molar-refractivity contribution in [3.8, 4) is 0 Å². The van der Waals surface area contributed by atoms with Crippen LogP contribution in [0.4, 0.5) is 5.69 Å². The molecule has 0 spiro atoms. The van der Waals surface area contributed by atoms with Crippen molar-refractivity contribution in [1.29, 1.82) is 0 Å². The normalized spacial score (nSPS) is 12.0. The van der Waals surface area contributed by atoms with E-state index in [0.29, 0.717) is 17.0 Å². The van der Waals surface area contributed by atoms with Crippen LogP contribution in [-0.4, -0.2) is 17.0 Å². The Balaban J connectivity index is 2.11. The molecule has 2 aromatic rings. The summed E-state index contributed by atoms with van der Waals surface area (Å²) in [5.74, 6) is -0.635. The summed E-state index contributed by atoms with van der Waals surface area (Å²) in [5, 5.41) is 11.8. The van der Waals surface area contributed by atoms with E-state index < -0.39 is 11.9 Å². The molecule has 2 rings (SSSR count). The van der Waals surface area contributed by atoms with Crippen LogP contribution in [0.15, 0.2) is 34.7 Å². The van der Waals surface area contributed by atoms with Crippen LogP contribution in [0.2, 0.25) is 0 Å². The Morgan fingerprint density at radius 3 is 2.30 bits per heavy atom. The first kappa shape index (κ1) is 16.8. The summed E-state index contributed by atoms with van der Waals surface area (Å²) < 4.78 is 5.59. The van der Waals surface area contributed by atoms with Crippen LogP contribution in [0, 0.1) is 0 Å². The van der Waals surface area contributed by atoms with Gasteiger partial charge >= 0.3 is 5.97 Å². The number of carbonyl (C=O) groups is 2. The Hall–Kier alpha value is -2.56. The molecule has 1 atom stereocenters. The van der Waals surface area contributed by atoms with Gasteiger partial charge in [-0.2, -0.15) is 0 Å². The number of hydrogen-bond acceptors (Lipinski definition) is 3. The number of aliphatic carboxylic acids is 1. The molecule has 1 aromatic carbocycles. The number of hydrogen-bond donors (Lipinski definition) is 2. The largest absolute Gasteiger partial charge is 0.481 e. The molecular weight excluding hydrogens is 294 g/mol. The number of carboxylic acid groups (broad SMARTS) is 1. The molecule has 2 N–H and O–H groups in total. The summed E-state index contributed by atoms with van der Waals surface area (Å²) >= 11 is 0. The molecule has 0 radical (unpaired) electrons. The first-order valence-electron chi connectivity index (χ1n) is 7.71. The zero-order chi connectivity index (χ0) is 17.0. The monoisotopic (exact) mass is 315 g/mol. The van der Waals surface area contributed by atoms with E-state index in [2.05, 4.69) is 5.32 Å². The van der Waals surface area contributed by atoms with Crippen molar-refractivity contribution in [3.63, 3.8) is 0 Å². The fraction of sp³-hybridized carbons (Fsp3) is 0.333. The summed E-state index contributed by atoms with van der Waals surface area (Å²) in [7, 11) is 0. The molecule has 5 nitrogen and oxygen atoms in total. The van der Waals surface area contributed by atoms with Crippen molar-refractivity contribution in [2.45, 2.75) is 39.5 Å².